The number of nitrogens with zero attached hydrogens (tertiary/aromatic N) is 2. The maximum absolute atomic E-state index is 11.3. The molecule has 0 bridgehead atoms. The van der Waals surface area contributed by atoms with Crippen molar-refractivity contribution < 1.29 is 4.79 Å². The number of nitrogen functional groups attached to an aromatic ring is 1. The summed E-state index contributed by atoms with van der Waals surface area (Å²) in [6.07, 6.45) is 1.52. The molecular weight excluding hydrogens is 288 g/mol. The molecule has 2 rings (SSSR count). The molecule has 0 aliphatic carbocycles. The highest BCUT2D eigenvalue weighted by Gasteiger charge is 2.06. The van der Waals surface area contributed by atoms with Crippen molar-refractivity contribution in [3.63, 3.8) is 0 Å². The molecule has 110 valence electrons. The van der Waals surface area contributed by atoms with Crippen molar-refractivity contribution in [1.82, 2.24) is 15.3 Å². The van der Waals surface area contributed by atoms with E-state index < -0.39 is 0 Å². The molecule has 5 nitrogen and oxygen atoms in total. The first-order chi connectivity index (χ1) is 10.1. The largest absolute Gasteiger partial charge is 0.296 e. The van der Waals surface area contributed by atoms with Crippen molar-refractivity contribution in [1.29, 1.82) is 0 Å². The summed E-state index contributed by atoms with van der Waals surface area (Å²) >= 11 is 5.97. The molecule has 0 unspecified atom stereocenters. The van der Waals surface area contributed by atoms with Crippen molar-refractivity contribution in [2.75, 3.05) is 7.05 Å². The van der Waals surface area contributed by atoms with Crippen molar-refractivity contribution in [2.45, 2.75) is 13.1 Å². The molecule has 3 N–H and O–H groups in total. The second kappa shape index (κ2) is 7.17. The number of benzene rings is 1. The molecular formula is C15H17ClN4O. The van der Waals surface area contributed by atoms with Crippen LogP contribution in [0.4, 0.5) is 0 Å². The average Bonchev–Trinajstić information content (AvgIpc) is 2.47. The zero-order valence-corrected chi connectivity index (χ0v) is 12.5. The predicted molar refractivity (Wildman–Crippen MR) is 82.5 cm³/mol. The van der Waals surface area contributed by atoms with Crippen molar-refractivity contribution in [2.24, 2.45) is 5.84 Å². The maximum Gasteiger partial charge on any atom is 0.266 e. The van der Waals surface area contributed by atoms with Gasteiger partial charge in [0.1, 0.15) is 0 Å². The van der Waals surface area contributed by atoms with Gasteiger partial charge in [-0.1, -0.05) is 23.7 Å². The van der Waals surface area contributed by atoms with Gasteiger partial charge in [0, 0.05) is 24.3 Å². The second-order valence-electron chi connectivity index (χ2n) is 4.81. The molecule has 0 spiro atoms. The van der Waals surface area contributed by atoms with Gasteiger partial charge in [-0.15, -0.1) is 0 Å². The molecule has 1 aromatic carbocycles. The van der Waals surface area contributed by atoms with E-state index in [0.717, 1.165) is 22.8 Å². The molecule has 0 saturated carbocycles. The lowest BCUT2D eigenvalue weighted by molar-refractivity contribution is 0.0953. The van der Waals surface area contributed by atoms with Crippen molar-refractivity contribution >= 4 is 17.5 Å². The zero-order chi connectivity index (χ0) is 15.2. The highest BCUT2D eigenvalue weighted by atomic mass is 35.5. The fourth-order valence-corrected chi connectivity index (χ4v) is 2.23. The Hall–Kier alpha value is -1.95. The van der Waals surface area contributed by atoms with Crippen LogP contribution in [-0.2, 0) is 13.1 Å². The van der Waals surface area contributed by atoms with Crippen LogP contribution in [0, 0.1) is 0 Å². The average molecular weight is 305 g/mol. The summed E-state index contributed by atoms with van der Waals surface area (Å²) < 4.78 is 0. The summed E-state index contributed by atoms with van der Waals surface area (Å²) in [4.78, 5) is 17.7. The molecule has 0 fully saturated rings. The van der Waals surface area contributed by atoms with E-state index in [1.807, 2.05) is 37.4 Å². The number of nitrogens with one attached hydrogen (secondary N) is 1. The van der Waals surface area contributed by atoms with Gasteiger partial charge in [0.2, 0.25) is 0 Å². The third-order valence-electron chi connectivity index (χ3n) is 2.99. The molecule has 0 radical (unpaired) electrons. The normalized spacial score (nSPS) is 10.7. The minimum absolute atomic E-state index is 0.346. The first kappa shape index (κ1) is 15.4. The van der Waals surface area contributed by atoms with Crippen LogP contribution in [-0.4, -0.2) is 22.8 Å². The van der Waals surface area contributed by atoms with E-state index in [1.54, 1.807) is 6.07 Å². The minimum Gasteiger partial charge on any atom is -0.296 e. The summed E-state index contributed by atoms with van der Waals surface area (Å²) in [6, 6.07) is 11.3. The van der Waals surface area contributed by atoms with Crippen LogP contribution in [0.2, 0.25) is 5.02 Å². The van der Waals surface area contributed by atoms with Crippen LogP contribution in [0.5, 0.6) is 0 Å². The number of amides is 1. The Morgan fingerprint density at radius 3 is 2.76 bits per heavy atom. The molecule has 6 heteroatoms. The fourth-order valence-electron chi connectivity index (χ4n) is 2.02. The number of hydrogen-bond donors (Lipinski definition) is 2. The van der Waals surface area contributed by atoms with Gasteiger partial charge in [-0.2, -0.15) is 0 Å². The van der Waals surface area contributed by atoms with Crippen LogP contribution in [0.15, 0.2) is 42.6 Å². The Labute approximate surface area is 128 Å². The Bertz CT molecular complexity index is 615. The van der Waals surface area contributed by atoms with Gasteiger partial charge in [-0.3, -0.25) is 20.1 Å². The maximum atomic E-state index is 11.3. The Kier molecular flexibility index (Phi) is 5.27. The van der Waals surface area contributed by atoms with Crippen LogP contribution >= 0.6 is 11.6 Å². The number of hydrogen-bond acceptors (Lipinski definition) is 4. The molecule has 0 aliphatic rings. The Balaban J connectivity index is 1.96. The number of rotatable bonds is 5. The number of pyridine rings is 1. The lowest BCUT2D eigenvalue weighted by Gasteiger charge is -2.16. The molecule has 1 aromatic heterocycles. The van der Waals surface area contributed by atoms with E-state index in [4.69, 9.17) is 17.4 Å². The number of aromatic nitrogens is 1. The third-order valence-corrected chi connectivity index (χ3v) is 3.23. The van der Waals surface area contributed by atoms with Crippen LogP contribution in [0.1, 0.15) is 21.6 Å². The first-order valence-electron chi connectivity index (χ1n) is 6.47. The van der Waals surface area contributed by atoms with Gasteiger partial charge in [-0.25, -0.2) is 5.84 Å². The molecule has 21 heavy (non-hydrogen) atoms. The van der Waals surface area contributed by atoms with Crippen molar-refractivity contribution in [3.8, 4) is 0 Å². The zero-order valence-electron chi connectivity index (χ0n) is 11.7. The summed E-state index contributed by atoms with van der Waals surface area (Å²) in [5, 5.41) is 0.733. The third kappa shape index (κ3) is 4.53. The minimum atomic E-state index is -0.346. The quantitative estimate of drug-likeness (QED) is 0.503. The SMILES string of the molecule is CN(Cc1cccc(Cl)c1)Cc1ccc(C(=O)NN)cn1. The molecule has 0 atom stereocenters. The summed E-state index contributed by atoms with van der Waals surface area (Å²) in [7, 11) is 2.00. The molecule has 0 saturated heterocycles. The fraction of sp³-hybridized carbons (Fsp3) is 0.200. The van der Waals surface area contributed by atoms with E-state index in [0.29, 0.717) is 12.1 Å². The van der Waals surface area contributed by atoms with Gasteiger partial charge in [0.05, 0.1) is 11.3 Å². The van der Waals surface area contributed by atoms with E-state index in [1.165, 1.54) is 6.20 Å². The molecule has 2 aromatic rings. The number of carbonyl (C=O) groups is 1. The molecule has 1 heterocycles. The van der Waals surface area contributed by atoms with Gasteiger partial charge in [-0.05, 0) is 36.9 Å². The van der Waals surface area contributed by atoms with Crippen LogP contribution in [0.25, 0.3) is 0 Å². The predicted octanol–water partition coefficient (Wildman–Crippen LogP) is 1.97. The highest BCUT2D eigenvalue weighted by molar-refractivity contribution is 6.30. The molecule has 0 aliphatic heterocycles. The number of carbonyl (C=O) groups excluding carboxylic acids is 1. The monoisotopic (exact) mass is 304 g/mol. The summed E-state index contributed by atoms with van der Waals surface area (Å²) in [6.45, 7) is 1.45. The summed E-state index contributed by atoms with van der Waals surface area (Å²) in [5.74, 6) is 4.73. The van der Waals surface area contributed by atoms with Crippen LogP contribution < -0.4 is 11.3 Å². The lowest BCUT2D eigenvalue weighted by Crippen LogP contribution is -2.30. The molecule has 1 amide bonds. The van der Waals surface area contributed by atoms with Crippen molar-refractivity contribution in [3.05, 3.63) is 64.4 Å². The topological polar surface area (TPSA) is 71.2 Å². The van der Waals surface area contributed by atoms with Gasteiger partial charge < -0.3 is 0 Å². The van der Waals surface area contributed by atoms with Gasteiger partial charge >= 0.3 is 0 Å². The van der Waals surface area contributed by atoms with E-state index in [2.05, 4.69) is 15.3 Å². The number of halogens is 1. The Morgan fingerprint density at radius 1 is 1.33 bits per heavy atom. The second-order valence-corrected chi connectivity index (χ2v) is 5.25. The highest BCUT2D eigenvalue weighted by Crippen LogP contribution is 2.13. The van der Waals surface area contributed by atoms with E-state index in [-0.39, 0.29) is 5.91 Å². The van der Waals surface area contributed by atoms with Crippen LogP contribution in [0.3, 0.4) is 0 Å². The standard InChI is InChI=1S/C15H17ClN4O/c1-20(9-11-3-2-4-13(16)7-11)10-14-6-5-12(8-18-14)15(21)19-17/h2-8H,9-10,17H2,1H3,(H,19,21). The van der Waals surface area contributed by atoms with E-state index in [9.17, 15) is 4.79 Å². The number of hydrazine groups is 1. The Morgan fingerprint density at radius 2 is 2.14 bits per heavy atom. The van der Waals surface area contributed by atoms with E-state index >= 15 is 0 Å². The first-order valence-corrected chi connectivity index (χ1v) is 6.85. The number of nitrogens with two attached hydrogens (primary N) is 1. The smallest absolute Gasteiger partial charge is 0.266 e. The van der Waals surface area contributed by atoms with Gasteiger partial charge in [0.25, 0.3) is 5.91 Å². The van der Waals surface area contributed by atoms with Gasteiger partial charge in [0.15, 0.2) is 0 Å². The lowest BCUT2D eigenvalue weighted by atomic mass is 10.2. The summed E-state index contributed by atoms with van der Waals surface area (Å²) in [5.41, 5.74) is 4.55.